The summed E-state index contributed by atoms with van der Waals surface area (Å²) >= 11 is 1.89. The van der Waals surface area contributed by atoms with Crippen molar-refractivity contribution in [3.63, 3.8) is 0 Å². The Kier molecular flexibility index (Phi) is 6.99. The zero-order valence-corrected chi connectivity index (χ0v) is 30.0. The number of thiophene rings is 1. The highest BCUT2D eigenvalue weighted by molar-refractivity contribution is 7.26. The molecule has 2 heterocycles. The van der Waals surface area contributed by atoms with Gasteiger partial charge in [0, 0.05) is 48.1 Å². The van der Waals surface area contributed by atoms with E-state index in [1.54, 1.807) is 0 Å². The number of aryl methyl sites for hydroxylation is 1. The number of benzene rings is 8. The highest BCUT2D eigenvalue weighted by Gasteiger charge is 2.29. The zero-order valence-electron chi connectivity index (χ0n) is 29.2. The van der Waals surface area contributed by atoms with E-state index in [1.165, 1.54) is 97.7 Å². The minimum Gasteiger partial charge on any atom is -0.309 e. The van der Waals surface area contributed by atoms with Crippen LogP contribution in [-0.4, -0.2) is 4.57 Å². The summed E-state index contributed by atoms with van der Waals surface area (Å²) in [6.45, 7) is 0. The van der Waals surface area contributed by atoms with Gasteiger partial charge in [-0.05, 0) is 93.7 Å². The second kappa shape index (κ2) is 12.2. The van der Waals surface area contributed by atoms with Crippen LogP contribution >= 0.6 is 11.3 Å². The maximum Gasteiger partial charge on any atom is 0.0547 e. The van der Waals surface area contributed by atoms with Gasteiger partial charge in [-0.1, -0.05) is 146 Å². The van der Waals surface area contributed by atoms with Crippen molar-refractivity contribution < 1.29 is 0 Å². The van der Waals surface area contributed by atoms with Crippen LogP contribution in [0.5, 0.6) is 0 Å². The van der Waals surface area contributed by atoms with Gasteiger partial charge in [-0.15, -0.1) is 11.3 Å². The minimum atomic E-state index is 0.366. The Morgan fingerprint density at radius 1 is 0.453 bits per heavy atom. The van der Waals surface area contributed by atoms with E-state index >= 15 is 0 Å². The first kappa shape index (κ1) is 30.4. The van der Waals surface area contributed by atoms with Crippen molar-refractivity contribution in [2.45, 2.75) is 18.8 Å². The molecular formula is C51H35NS. The first-order chi connectivity index (χ1) is 26.3. The summed E-state index contributed by atoms with van der Waals surface area (Å²) in [6.07, 6.45) is 2.14. The van der Waals surface area contributed by atoms with Crippen LogP contribution in [0.1, 0.15) is 29.0 Å². The lowest BCUT2D eigenvalue weighted by Gasteiger charge is -2.15. The summed E-state index contributed by atoms with van der Waals surface area (Å²) in [5, 5.41) is 5.20. The summed E-state index contributed by atoms with van der Waals surface area (Å²) in [5.41, 5.74) is 15.8. The van der Waals surface area contributed by atoms with Crippen molar-refractivity contribution in [2.24, 2.45) is 0 Å². The average Bonchev–Trinajstić information content (AvgIpc) is 3.88. The van der Waals surface area contributed by atoms with Crippen LogP contribution in [-0.2, 0) is 6.42 Å². The van der Waals surface area contributed by atoms with E-state index in [1.807, 2.05) is 11.3 Å². The molecular weight excluding hydrogens is 659 g/mol. The average molecular weight is 694 g/mol. The van der Waals surface area contributed by atoms with Crippen LogP contribution in [0.2, 0.25) is 0 Å². The highest BCUT2D eigenvalue weighted by Crippen LogP contribution is 2.49. The molecule has 2 heteroatoms. The SMILES string of the molecule is c1ccc(CCC2c3ccccc3-c3ccc(-c4cccc5c4c4ccccc4n5-c4cc(-c5ccccc5)c5sc6ccccc6c5c4)cc32)cc1. The third-order valence-electron chi connectivity index (χ3n) is 11.4. The van der Waals surface area contributed by atoms with E-state index in [0.29, 0.717) is 5.92 Å². The molecule has 0 N–H and O–H groups in total. The molecule has 250 valence electrons. The molecule has 0 radical (unpaired) electrons. The number of hydrogen-bond donors (Lipinski definition) is 0. The summed E-state index contributed by atoms with van der Waals surface area (Å²) in [6, 6.07) is 67.6. The zero-order chi connectivity index (χ0) is 34.9. The molecule has 0 fully saturated rings. The fraction of sp³-hybridized carbons (Fsp3) is 0.0588. The topological polar surface area (TPSA) is 4.93 Å². The van der Waals surface area contributed by atoms with Gasteiger partial charge in [-0.25, -0.2) is 0 Å². The van der Waals surface area contributed by atoms with Crippen LogP contribution in [0.25, 0.3) is 81.0 Å². The first-order valence-corrected chi connectivity index (χ1v) is 19.4. The second-order valence-corrected chi connectivity index (χ2v) is 15.4. The van der Waals surface area contributed by atoms with E-state index in [9.17, 15) is 0 Å². The Hall–Kier alpha value is -6.22. The third-order valence-corrected chi connectivity index (χ3v) is 12.7. The van der Waals surface area contributed by atoms with Crippen molar-refractivity contribution in [1.82, 2.24) is 4.57 Å². The number of hydrogen-bond acceptors (Lipinski definition) is 1. The lowest BCUT2D eigenvalue weighted by Crippen LogP contribution is -1.99. The number of para-hydroxylation sites is 1. The molecule has 2 aromatic heterocycles. The molecule has 1 atom stereocenters. The summed E-state index contributed by atoms with van der Waals surface area (Å²) in [7, 11) is 0. The van der Waals surface area contributed by atoms with Crippen LogP contribution in [0.3, 0.4) is 0 Å². The van der Waals surface area contributed by atoms with Gasteiger partial charge >= 0.3 is 0 Å². The van der Waals surface area contributed by atoms with Gasteiger partial charge in [0.15, 0.2) is 0 Å². The van der Waals surface area contributed by atoms with E-state index in [4.69, 9.17) is 0 Å². The molecule has 0 saturated carbocycles. The fourth-order valence-electron chi connectivity index (χ4n) is 9.06. The molecule has 1 unspecified atom stereocenters. The van der Waals surface area contributed by atoms with Gasteiger partial charge in [-0.2, -0.15) is 0 Å². The van der Waals surface area contributed by atoms with Gasteiger partial charge in [0.05, 0.1) is 11.0 Å². The van der Waals surface area contributed by atoms with Crippen molar-refractivity contribution >= 4 is 53.3 Å². The Balaban J connectivity index is 1.12. The van der Waals surface area contributed by atoms with E-state index in [-0.39, 0.29) is 0 Å². The van der Waals surface area contributed by atoms with Crippen LogP contribution in [0.15, 0.2) is 182 Å². The molecule has 0 saturated heterocycles. The molecule has 8 aromatic carbocycles. The standard InChI is InChI=1S/C51H35NS/c1-3-14-33(15-4-1)26-28-40-38-18-7-8-19-39(38)41-29-27-35(30-45(40)41)37-22-13-24-48-50(37)43-21-9-11-23-47(43)52(48)36-31-44(34-16-5-2-6-17-34)51-46(32-36)42-20-10-12-25-49(42)53-51/h1-25,27,29-32,40H,26,28H2. The largest absolute Gasteiger partial charge is 0.309 e. The maximum atomic E-state index is 2.50. The number of aromatic nitrogens is 1. The lowest BCUT2D eigenvalue weighted by molar-refractivity contribution is 0.730. The van der Waals surface area contributed by atoms with Gasteiger partial charge in [0.1, 0.15) is 0 Å². The molecule has 0 aliphatic heterocycles. The number of fused-ring (bicyclic) bond motifs is 9. The molecule has 0 bridgehead atoms. The van der Waals surface area contributed by atoms with Crippen molar-refractivity contribution in [2.75, 3.05) is 0 Å². The minimum absolute atomic E-state index is 0.366. The van der Waals surface area contributed by atoms with Crippen molar-refractivity contribution in [3.8, 4) is 39.1 Å². The van der Waals surface area contributed by atoms with Crippen molar-refractivity contribution in [1.29, 1.82) is 0 Å². The molecule has 11 rings (SSSR count). The molecule has 1 aliphatic rings. The van der Waals surface area contributed by atoms with Gasteiger partial charge < -0.3 is 4.57 Å². The van der Waals surface area contributed by atoms with Crippen molar-refractivity contribution in [3.05, 3.63) is 199 Å². The molecule has 53 heavy (non-hydrogen) atoms. The molecule has 1 aliphatic carbocycles. The van der Waals surface area contributed by atoms with Gasteiger partial charge in [0.2, 0.25) is 0 Å². The summed E-state index contributed by atoms with van der Waals surface area (Å²) in [4.78, 5) is 0. The Labute approximate surface area is 313 Å². The molecule has 1 nitrogen and oxygen atoms in total. The van der Waals surface area contributed by atoms with Gasteiger partial charge in [-0.3, -0.25) is 0 Å². The highest BCUT2D eigenvalue weighted by atomic mass is 32.1. The van der Waals surface area contributed by atoms with E-state index in [2.05, 4.69) is 187 Å². The van der Waals surface area contributed by atoms with E-state index < -0.39 is 0 Å². The Morgan fingerprint density at radius 3 is 2.04 bits per heavy atom. The summed E-state index contributed by atoms with van der Waals surface area (Å²) in [5.74, 6) is 0.366. The first-order valence-electron chi connectivity index (χ1n) is 18.6. The number of rotatable bonds is 6. The third kappa shape index (κ3) is 4.83. The Morgan fingerprint density at radius 2 is 1.15 bits per heavy atom. The lowest BCUT2D eigenvalue weighted by atomic mass is 9.88. The fourth-order valence-corrected chi connectivity index (χ4v) is 10.3. The van der Waals surface area contributed by atoms with Gasteiger partial charge in [0.25, 0.3) is 0 Å². The van der Waals surface area contributed by atoms with Crippen LogP contribution in [0.4, 0.5) is 0 Å². The predicted octanol–water partition coefficient (Wildman–Crippen LogP) is 14.2. The quantitative estimate of drug-likeness (QED) is 0.163. The number of nitrogens with zero attached hydrogens (tertiary/aromatic N) is 1. The smallest absolute Gasteiger partial charge is 0.0547 e. The van der Waals surface area contributed by atoms with Crippen LogP contribution in [0, 0.1) is 0 Å². The predicted molar refractivity (Wildman–Crippen MR) is 227 cm³/mol. The monoisotopic (exact) mass is 693 g/mol. The molecule has 0 spiro atoms. The normalized spacial score (nSPS) is 13.6. The maximum absolute atomic E-state index is 2.50. The summed E-state index contributed by atoms with van der Waals surface area (Å²) < 4.78 is 5.16. The molecule has 10 aromatic rings. The molecule has 0 amide bonds. The van der Waals surface area contributed by atoms with Crippen LogP contribution < -0.4 is 0 Å². The van der Waals surface area contributed by atoms with E-state index in [0.717, 1.165) is 12.8 Å². The second-order valence-electron chi connectivity index (χ2n) is 14.4. The Bertz CT molecular complexity index is 3000.